The highest BCUT2D eigenvalue weighted by atomic mass is 16.5. The van der Waals surface area contributed by atoms with E-state index in [1.807, 2.05) is 49.4 Å². The highest BCUT2D eigenvalue weighted by Crippen LogP contribution is 2.25. The summed E-state index contributed by atoms with van der Waals surface area (Å²) in [7, 11) is 1.62. The molecule has 0 saturated carbocycles. The van der Waals surface area contributed by atoms with E-state index in [0.29, 0.717) is 24.9 Å². The van der Waals surface area contributed by atoms with E-state index < -0.39 is 0 Å². The number of nitrogens with zero attached hydrogens (tertiary/aromatic N) is 1. The van der Waals surface area contributed by atoms with Crippen LogP contribution in [0.4, 0.5) is 5.69 Å². The molecule has 0 aliphatic carbocycles. The van der Waals surface area contributed by atoms with E-state index in [4.69, 9.17) is 19.9 Å². The number of anilines is 1. The van der Waals surface area contributed by atoms with Gasteiger partial charge in [0.05, 0.1) is 32.6 Å². The van der Waals surface area contributed by atoms with Crippen molar-refractivity contribution in [2.24, 2.45) is 10.7 Å². The van der Waals surface area contributed by atoms with Gasteiger partial charge in [0.2, 0.25) is 0 Å². The van der Waals surface area contributed by atoms with Gasteiger partial charge in [0, 0.05) is 12.0 Å². The summed E-state index contributed by atoms with van der Waals surface area (Å²) in [6.07, 6.45) is 1.01. The van der Waals surface area contributed by atoms with E-state index in [0.717, 1.165) is 35.6 Å². The molecule has 0 aromatic heterocycles. The van der Waals surface area contributed by atoms with Crippen LogP contribution in [0.5, 0.6) is 11.5 Å². The molecule has 1 heterocycles. The number of rotatable bonds is 6. The normalized spacial score (nSPS) is 17.2. The first-order chi connectivity index (χ1) is 12.7. The SMILES string of the molecule is COc1ccccc1NC(N)=NCc1ccc(C)cc1OC1CCOC1. The molecule has 1 fully saturated rings. The summed E-state index contributed by atoms with van der Waals surface area (Å²) in [6.45, 7) is 3.85. The predicted octanol–water partition coefficient (Wildman–Crippen LogP) is 3.10. The van der Waals surface area contributed by atoms with Gasteiger partial charge in [0.1, 0.15) is 17.6 Å². The van der Waals surface area contributed by atoms with Gasteiger partial charge in [-0.15, -0.1) is 0 Å². The average molecular weight is 355 g/mol. The standard InChI is InChI=1S/C20H25N3O3/c1-14-7-8-15(19(11-14)26-16-9-10-25-13-16)12-22-20(21)23-17-5-3-4-6-18(17)24-2/h3-8,11,16H,9-10,12-13H2,1-2H3,(H3,21,22,23). The van der Waals surface area contributed by atoms with Gasteiger partial charge in [-0.25, -0.2) is 4.99 Å². The van der Waals surface area contributed by atoms with Crippen molar-refractivity contribution in [3.05, 3.63) is 53.6 Å². The van der Waals surface area contributed by atoms with Gasteiger partial charge in [-0.05, 0) is 30.7 Å². The number of aliphatic imine (C=N–C) groups is 1. The topological polar surface area (TPSA) is 78.1 Å². The number of nitrogens with two attached hydrogens (primary N) is 1. The van der Waals surface area contributed by atoms with Gasteiger partial charge >= 0.3 is 0 Å². The van der Waals surface area contributed by atoms with Crippen molar-refractivity contribution in [3.8, 4) is 11.5 Å². The Bertz CT molecular complexity index is 771. The Kier molecular flexibility index (Phi) is 5.96. The quantitative estimate of drug-likeness (QED) is 0.615. The Balaban J connectivity index is 1.70. The molecular weight excluding hydrogens is 330 g/mol. The number of para-hydroxylation sites is 2. The second-order valence-corrected chi connectivity index (χ2v) is 6.24. The van der Waals surface area contributed by atoms with Crippen LogP contribution < -0.4 is 20.5 Å². The highest BCUT2D eigenvalue weighted by molar-refractivity contribution is 5.93. The van der Waals surface area contributed by atoms with E-state index in [-0.39, 0.29) is 6.10 Å². The van der Waals surface area contributed by atoms with Crippen LogP contribution in [0.25, 0.3) is 0 Å². The van der Waals surface area contributed by atoms with Crippen molar-refractivity contribution < 1.29 is 14.2 Å². The molecule has 0 bridgehead atoms. The van der Waals surface area contributed by atoms with Crippen LogP contribution >= 0.6 is 0 Å². The fraction of sp³-hybridized carbons (Fsp3) is 0.350. The predicted molar refractivity (Wildman–Crippen MR) is 103 cm³/mol. The fourth-order valence-electron chi connectivity index (χ4n) is 2.78. The Hall–Kier alpha value is -2.73. The summed E-state index contributed by atoms with van der Waals surface area (Å²) in [5.41, 5.74) is 8.96. The summed E-state index contributed by atoms with van der Waals surface area (Å²) < 4.78 is 16.8. The highest BCUT2D eigenvalue weighted by Gasteiger charge is 2.18. The van der Waals surface area contributed by atoms with Crippen LogP contribution in [0.15, 0.2) is 47.5 Å². The van der Waals surface area contributed by atoms with E-state index in [2.05, 4.69) is 10.3 Å². The van der Waals surface area contributed by atoms with E-state index >= 15 is 0 Å². The zero-order chi connectivity index (χ0) is 18.4. The lowest BCUT2D eigenvalue weighted by molar-refractivity contribution is 0.140. The van der Waals surface area contributed by atoms with Crippen molar-refractivity contribution in [3.63, 3.8) is 0 Å². The molecule has 3 rings (SSSR count). The molecule has 26 heavy (non-hydrogen) atoms. The van der Waals surface area contributed by atoms with Crippen molar-refractivity contribution in [1.29, 1.82) is 0 Å². The molecule has 0 amide bonds. The molecular formula is C20H25N3O3. The van der Waals surface area contributed by atoms with Gasteiger partial charge in [0.25, 0.3) is 0 Å². The molecule has 138 valence electrons. The maximum Gasteiger partial charge on any atom is 0.193 e. The molecule has 6 heteroatoms. The van der Waals surface area contributed by atoms with Crippen LogP contribution in [-0.4, -0.2) is 32.4 Å². The van der Waals surface area contributed by atoms with Crippen molar-refractivity contribution in [2.75, 3.05) is 25.6 Å². The lowest BCUT2D eigenvalue weighted by atomic mass is 10.1. The van der Waals surface area contributed by atoms with Crippen molar-refractivity contribution in [1.82, 2.24) is 0 Å². The zero-order valence-corrected chi connectivity index (χ0v) is 15.2. The third-order valence-corrected chi connectivity index (χ3v) is 4.19. The number of hydrogen-bond acceptors (Lipinski definition) is 4. The molecule has 0 spiro atoms. The Morgan fingerprint density at radius 1 is 1.27 bits per heavy atom. The first kappa shape index (κ1) is 18.1. The van der Waals surface area contributed by atoms with Gasteiger partial charge in [-0.3, -0.25) is 0 Å². The summed E-state index contributed by atoms with van der Waals surface area (Å²) in [5, 5.41) is 3.08. The lowest BCUT2D eigenvalue weighted by Gasteiger charge is -2.16. The molecule has 2 aromatic carbocycles. The third-order valence-electron chi connectivity index (χ3n) is 4.19. The first-order valence-electron chi connectivity index (χ1n) is 8.69. The summed E-state index contributed by atoms with van der Waals surface area (Å²) >= 11 is 0. The van der Waals surface area contributed by atoms with Crippen LogP contribution in [0.1, 0.15) is 17.5 Å². The van der Waals surface area contributed by atoms with Gasteiger partial charge in [0.15, 0.2) is 5.96 Å². The number of methoxy groups -OCH3 is 1. The van der Waals surface area contributed by atoms with Crippen LogP contribution in [-0.2, 0) is 11.3 Å². The molecule has 2 aromatic rings. The largest absolute Gasteiger partial charge is 0.495 e. The Morgan fingerprint density at radius 3 is 2.88 bits per heavy atom. The summed E-state index contributed by atoms with van der Waals surface area (Å²) in [5.74, 6) is 1.88. The van der Waals surface area contributed by atoms with Crippen molar-refractivity contribution in [2.45, 2.75) is 26.0 Å². The zero-order valence-electron chi connectivity index (χ0n) is 15.2. The molecule has 3 N–H and O–H groups in total. The Labute approximate surface area is 154 Å². The van der Waals surface area contributed by atoms with Gasteiger partial charge < -0.3 is 25.3 Å². The second kappa shape index (κ2) is 8.58. The van der Waals surface area contributed by atoms with E-state index in [1.165, 1.54) is 0 Å². The number of guanidine groups is 1. The van der Waals surface area contributed by atoms with Crippen LogP contribution in [0.3, 0.4) is 0 Å². The molecule has 1 saturated heterocycles. The number of nitrogens with one attached hydrogen (secondary N) is 1. The maximum atomic E-state index is 6.10. The lowest BCUT2D eigenvalue weighted by Crippen LogP contribution is -2.23. The van der Waals surface area contributed by atoms with Crippen molar-refractivity contribution >= 4 is 11.6 Å². The second-order valence-electron chi connectivity index (χ2n) is 6.24. The summed E-state index contributed by atoms with van der Waals surface area (Å²) in [4.78, 5) is 4.45. The van der Waals surface area contributed by atoms with Gasteiger partial charge in [-0.1, -0.05) is 24.3 Å². The van der Waals surface area contributed by atoms with E-state index in [1.54, 1.807) is 7.11 Å². The molecule has 1 atom stereocenters. The van der Waals surface area contributed by atoms with Gasteiger partial charge in [-0.2, -0.15) is 0 Å². The minimum atomic E-state index is 0.101. The maximum absolute atomic E-state index is 6.10. The number of hydrogen-bond donors (Lipinski definition) is 2. The molecule has 0 radical (unpaired) electrons. The Morgan fingerprint density at radius 2 is 2.12 bits per heavy atom. The number of aryl methyl sites for hydroxylation is 1. The minimum Gasteiger partial charge on any atom is -0.495 e. The minimum absolute atomic E-state index is 0.101. The summed E-state index contributed by atoms with van der Waals surface area (Å²) in [6, 6.07) is 13.7. The molecule has 6 nitrogen and oxygen atoms in total. The number of benzene rings is 2. The molecule has 1 aliphatic heterocycles. The van der Waals surface area contributed by atoms with E-state index in [9.17, 15) is 0 Å². The smallest absolute Gasteiger partial charge is 0.193 e. The fourth-order valence-corrected chi connectivity index (χ4v) is 2.78. The molecule has 1 aliphatic rings. The number of ether oxygens (including phenoxy) is 3. The first-order valence-corrected chi connectivity index (χ1v) is 8.69. The van der Waals surface area contributed by atoms with Crippen LogP contribution in [0, 0.1) is 6.92 Å². The average Bonchev–Trinajstić information content (AvgIpc) is 3.14. The monoisotopic (exact) mass is 355 g/mol. The molecule has 1 unspecified atom stereocenters. The van der Waals surface area contributed by atoms with Crippen LogP contribution in [0.2, 0.25) is 0 Å². The third kappa shape index (κ3) is 4.67.